The van der Waals surface area contributed by atoms with Gasteiger partial charge in [-0.2, -0.15) is 5.10 Å². The van der Waals surface area contributed by atoms with E-state index in [2.05, 4.69) is 15.5 Å². The van der Waals surface area contributed by atoms with Gasteiger partial charge in [0.2, 0.25) is 0 Å². The number of benzene rings is 1. The summed E-state index contributed by atoms with van der Waals surface area (Å²) in [6, 6.07) is 7.56. The summed E-state index contributed by atoms with van der Waals surface area (Å²) in [6.07, 6.45) is 1.52. The molecule has 0 bridgehead atoms. The molecule has 0 saturated carbocycles. The predicted molar refractivity (Wildman–Crippen MR) is 79.3 cm³/mol. The van der Waals surface area contributed by atoms with Gasteiger partial charge >= 0.3 is 0 Å². The zero-order valence-electron chi connectivity index (χ0n) is 12.2. The second-order valence-corrected chi connectivity index (χ2v) is 4.61. The van der Waals surface area contributed by atoms with E-state index in [4.69, 9.17) is 9.47 Å². The number of H-pyrrole nitrogens is 1. The molecule has 2 N–H and O–H groups in total. The maximum Gasteiger partial charge on any atom is 0.259 e. The largest absolute Gasteiger partial charge is 0.382 e. The van der Waals surface area contributed by atoms with Gasteiger partial charge in [-0.1, -0.05) is 12.1 Å². The summed E-state index contributed by atoms with van der Waals surface area (Å²) in [5, 5.41) is 9.43. The van der Waals surface area contributed by atoms with Gasteiger partial charge in [0.1, 0.15) is 0 Å². The molecule has 6 heteroatoms. The third-order valence-electron chi connectivity index (χ3n) is 2.96. The van der Waals surface area contributed by atoms with Gasteiger partial charge in [0.05, 0.1) is 31.6 Å². The molecular weight excluding hydrogens is 270 g/mol. The smallest absolute Gasteiger partial charge is 0.259 e. The number of hydrogen-bond donors (Lipinski definition) is 2. The number of nitrogens with one attached hydrogen (secondary N) is 2. The summed E-state index contributed by atoms with van der Waals surface area (Å²) in [5.41, 5.74) is 3.00. The standard InChI is InChI=1S/C15H19N3O3/c1-11-14(9-16-18-11)15(19)17-13-5-3-4-12(8-13)10-21-7-6-20-2/h3-5,8-9H,6-7,10H2,1-2H3,(H,16,18)(H,17,19). The van der Waals surface area contributed by atoms with E-state index in [9.17, 15) is 4.79 Å². The lowest BCUT2D eigenvalue weighted by atomic mass is 10.2. The number of aromatic amines is 1. The first-order valence-electron chi connectivity index (χ1n) is 6.67. The van der Waals surface area contributed by atoms with E-state index >= 15 is 0 Å². The molecule has 0 unspecified atom stereocenters. The fraction of sp³-hybridized carbons (Fsp3) is 0.333. The highest BCUT2D eigenvalue weighted by Gasteiger charge is 2.10. The van der Waals surface area contributed by atoms with Gasteiger partial charge in [-0.15, -0.1) is 0 Å². The Balaban J connectivity index is 1.94. The molecule has 2 aromatic rings. The van der Waals surface area contributed by atoms with Crippen LogP contribution < -0.4 is 5.32 Å². The molecule has 6 nitrogen and oxygen atoms in total. The maximum atomic E-state index is 12.1. The van der Waals surface area contributed by atoms with E-state index in [1.807, 2.05) is 31.2 Å². The van der Waals surface area contributed by atoms with Crippen molar-refractivity contribution in [3.05, 3.63) is 47.3 Å². The van der Waals surface area contributed by atoms with Gasteiger partial charge in [0, 0.05) is 18.5 Å². The molecule has 1 amide bonds. The number of nitrogens with zero attached hydrogens (tertiary/aromatic N) is 1. The van der Waals surface area contributed by atoms with Crippen molar-refractivity contribution < 1.29 is 14.3 Å². The third kappa shape index (κ3) is 4.40. The van der Waals surface area contributed by atoms with Crippen LogP contribution in [0, 0.1) is 6.92 Å². The Bertz CT molecular complexity index is 595. The third-order valence-corrected chi connectivity index (χ3v) is 2.96. The van der Waals surface area contributed by atoms with Gasteiger partial charge in [-0.25, -0.2) is 0 Å². The molecule has 2 rings (SSSR count). The molecule has 0 saturated heterocycles. The summed E-state index contributed by atoms with van der Waals surface area (Å²) in [6.45, 7) is 3.40. The van der Waals surface area contributed by atoms with Crippen LogP contribution in [0.4, 0.5) is 5.69 Å². The van der Waals surface area contributed by atoms with E-state index in [1.165, 1.54) is 6.20 Å². The molecule has 0 spiro atoms. The molecular formula is C15H19N3O3. The lowest BCUT2D eigenvalue weighted by Crippen LogP contribution is -2.12. The Morgan fingerprint density at radius 3 is 2.95 bits per heavy atom. The van der Waals surface area contributed by atoms with Crippen molar-refractivity contribution in [3.63, 3.8) is 0 Å². The monoisotopic (exact) mass is 289 g/mol. The topological polar surface area (TPSA) is 76.2 Å². The van der Waals surface area contributed by atoms with Crippen LogP contribution >= 0.6 is 0 Å². The number of hydrogen-bond acceptors (Lipinski definition) is 4. The number of methoxy groups -OCH3 is 1. The highest BCUT2D eigenvalue weighted by molar-refractivity contribution is 6.04. The predicted octanol–water partition coefficient (Wildman–Crippen LogP) is 2.13. The second-order valence-electron chi connectivity index (χ2n) is 4.61. The van der Waals surface area contributed by atoms with Crippen LogP contribution in [-0.2, 0) is 16.1 Å². The molecule has 0 atom stereocenters. The van der Waals surface area contributed by atoms with Crippen LogP contribution in [0.15, 0.2) is 30.5 Å². The number of carbonyl (C=O) groups excluding carboxylic acids is 1. The van der Waals surface area contributed by atoms with Crippen LogP contribution in [-0.4, -0.2) is 36.4 Å². The molecule has 1 aromatic heterocycles. The Hall–Kier alpha value is -2.18. The first kappa shape index (κ1) is 15.2. The molecule has 112 valence electrons. The molecule has 0 radical (unpaired) electrons. The average Bonchev–Trinajstić information content (AvgIpc) is 2.90. The molecule has 0 aliphatic rings. The average molecular weight is 289 g/mol. The SMILES string of the molecule is COCCOCc1cccc(NC(=O)c2cn[nH]c2C)c1. The zero-order valence-corrected chi connectivity index (χ0v) is 12.2. The molecule has 0 aliphatic heterocycles. The molecule has 0 fully saturated rings. The molecule has 21 heavy (non-hydrogen) atoms. The summed E-state index contributed by atoms with van der Waals surface area (Å²) >= 11 is 0. The highest BCUT2D eigenvalue weighted by atomic mass is 16.5. The molecule has 0 aliphatic carbocycles. The van der Waals surface area contributed by atoms with Gasteiger partial charge in [-0.3, -0.25) is 9.89 Å². The maximum absolute atomic E-state index is 12.1. The van der Waals surface area contributed by atoms with E-state index in [0.29, 0.717) is 25.4 Å². The summed E-state index contributed by atoms with van der Waals surface area (Å²) in [4.78, 5) is 12.1. The first-order chi connectivity index (χ1) is 10.2. The van der Waals surface area contributed by atoms with Gasteiger partial charge in [0.25, 0.3) is 5.91 Å². The van der Waals surface area contributed by atoms with Crippen molar-refractivity contribution in [2.75, 3.05) is 25.6 Å². The quantitative estimate of drug-likeness (QED) is 0.766. The van der Waals surface area contributed by atoms with Crippen LogP contribution in [0.3, 0.4) is 0 Å². The van der Waals surface area contributed by atoms with Crippen LogP contribution in [0.25, 0.3) is 0 Å². The van der Waals surface area contributed by atoms with Crippen molar-refractivity contribution >= 4 is 11.6 Å². The molecule has 1 aromatic carbocycles. The molecule has 1 heterocycles. The minimum atomic E-state index is -0.182. The Labute approximate surface area is 123 Å². The van der Waals surface area contributed by atoms with Crippen molar-refractivity contribution in [2.45, 2.75) is 13.5 Å². The van der Waals surface area contributed by atoms with Crippen LogP contribution in [0.5, 0.6) is 0 Å². The number of amides is 1. The number of aromatic nitrogens is 2. The number of ether oxygens (including phenoxy) is 2. The fourth-order valence-corrected chi connectivity index (χ4v) is 1.85. The van der Waals surface area contributed by atoms with Crippen LogP contribution in [0.2, 0.25) is 0 Å². The summed E-state index contributed by atoms with van der Waals surface area (Å²) in [5.74, 6) is -0.182. The fourth-order valence-electron chi connectivity index (χ4n) is 1.85. The lowest BCUT2D eigenvalue weighted by molar-refractivity contribution is 0.0617. The summed E-state index contributed by atoms with van der Waals surface area (Å²) < 4.78 is 10.4. The Morgan fingerprint density at radius 1 is 1.38 bits per heavy atom. The summed E-state index contributed by atoms with van der Waals surface area (Å²) in [7, 11) is 1.64. The van der Waals surface area contributed by atoms with Crippen molar-refractivity contribution in [1.82, 2.24) is 10.2 Å². The Kier molecular flexibility index (Phi) is 5.48. The van der Waals surface area contributed by atoms with Crippen molar-refractivity contribution in [1.29, 1.82) is 0 Å². The second kappa shape index (κ2) is 7.56. The number of carbonyl (C=O) groups is 1. The van der Waals surface area contributed by atoms with Gasteiger partial charge in [0.15, 0.2) is 0 Å². The minimum absolute atomic E-state index is 0.182. The van der Waals surface area contributed by atoms with Crippen molar-refractivity contribution in [3.8, 4) is 0 Å². The first-order valence-corrected chi connectivity index (χ1v) is 6.67. The Morgan fingerprint density at radius 2 is 2.24 bits per heavy atom. The minimum Gasteiger partial charge on any atom is -0.382 e. The van der Waals surface area contributed by atoms with Crippen LogP contribution in [0.1, 0.15) is 21.6 Å². The number of anilines is 1. The van der Waals surface area contributed by atoms with E-state index < -0.39 is 0 Å². The van der Waals surface area contributed by atoms with E-state index in [-0.39, 0.29) is 5.91 Å². The number of rotatable bonds is 7. The lowest BCUT2D eigenvalue weighted by Gasteiger charge is -2.08. The van der Waals surface area contributed by atoms with Gasteiger partial charge < -0.3 is 14.8 Å². The zero-order chi connectivity index (χ0) is 15.1. The van der Waals surface area contributed by atoms with Gasteiger partial charge in [-0.05, 0) is 24.6 Å². The number of aryl methyl sites for hydroxylation is 1. The van der Waals surface area contributed by atoms with Crippen molar-refractivity contribution in [2.24, 2.45) is 0 Å². The van der Waals surface area contributed by atoms with E-state index in [0.717, 1.165) is 16.9 Å². The highest BCUT2D eigenvalue weighted by Crippen LogP contribution is 2.14. The normalized spacial score (nSPS) is 10.6. The van der Waals surface area contributed by atoms with E-state index in [1.54, 1.807) is 7.11 Å².